The zero-order valence-electron chi connectivity index (χ0n) is 27.6. The number of aliphatic hydroxyl groups is 1. The number of carbonyl (C=O) groups excluding carboxylic acids is 3. The van der Waals surface area contributed by atoms with E-state index in [0.29, 0.717) is 6.54 Å². The topological polar surface area (TPSA) is 132 Å². The Kier molecular flexibility index (Phi) is 9.70. The molecule has 1 aromatic heterocycles. The molecule has 0 aliphatic carbocycles. The van der Waals surface area contributed by atoms with Crippen LogP contribution in [-0.4, -0.2) is 49.6 Å². The minimum absolute atomic E-state index is 0.0176. The molecule has 5 aromatic rings. The van der Waals surface area contributed by atoms with Crippen LogP contribution in [0, 0.1) is 5.92 Å². The monoisotopic (exact) mass is 674 g/mol. The van der Waals surface area contributed by atoms with E-state index < -0.39 is 24.3 Å². The second-order valence-corrected chi connectivity index (χ2v) is 12.7. The molecule has 50 heavy (non-hydrogen) atoms. The highest BCUT2D eigenvalue weighted by Crippen LogP contribution is 2.42. The Bertz CT molecular complexity index is 1960. The summed E-state index contributed by atoms with van der Waals surface area (Å²) in [6, 6.07) is 31.4. The molecule has 11 heteroatoms. The first-order valence-corrected chi connectivity index (χ1v) is 16.7. The van der Waals surface area contributed by atoms with Crippen LogP contribution in [0.3, 0.4) is 0 Å². The van der Waals surface area contributed by atoms with Gasteiger partial charge in [-0.2, -0.15) is 0 Å². The number of hydrogen-bond donors (Lipinski definition) is 2. The van der Waals surface area contributed by atoms with E-state index in [1.807, 2.05) is 109 Å². The number of aromatic nitrogens is 2. The number of likely N-dealkylation sites (tertiary alicyclic amines) is 1. The van der Waals surface area contributed by atoms with Crippen LogP contribution in [0.5, 0.6) is 0 Å². The standard InChI is InChI=1S/C39H38N4O7/c1-25-34(21-42-24-40-31-9-5-6-10-33(31)42)49-38(50-36(25)29-15-13-27(22-44)14-16-29)30-17-11-26(12-18-30)20-43-35(45)19-32(37(43)46)41-39(47)48-23-28-7-3-2-4-8-28/h2-18,24-25,32,34,36,38,44H,19-23H2,1H3,(H,41,47)/t25-,32?,34+,36+,38+/m1/s1. The van der Waals surface area contributed by atoms with Gasteiger partial charge in [-0.1, -0.05) is 97.9 Å². The number of alkyl carbamates (subject to hydrolysis) is 1. The van der Waals surface area contributed by atoms with E-state index >= 15 is 0 Å². The number of imidazole rings is 1. The van der Waals surface area contributed by atoms with Gasteiger partial charge >= 0.3 is 6.09 Å². The van der Waals surface area contributed by atoms with Crippen molar-refractivity contribution in [3.63, 3.8) is 0 Å². The van der Waals surface area contributed by atoms with Gasteiger partial charge in [0.15, 0.2) is 6.29 Å². The number of fused-ring (bicyclic) bond motifs is 1. The van der Waals surface area contributed by atoms with Crippen molar-refractivity contribution < 1.29 is 33.7 Å². The van der Waals surface area contributed by atoms with E-state index in [4.69, 9.17) is 14.2 Å². The summed E-state index contributed by atoms with van der Waals surface area (Å²) in [5, 5.41) is 12.1. The number of ether oxygens (including phenoxy) is 3. The molecule has 0 spiro atoms. The molecule has 0 saturated carbocycles. The van der Waals surface area contributed by atoms with Crippen LogP contribution < -0.4 is 5.32 Å². The summed E-state index contributed by atoms with van der Waals surface area (Å²) in [6.07, 6.45) is -0.252. The Hall–Kier alpha value is -5.36. The molecule has 2 fully saturated rings. The number of hydrogen-bond acceptors (Lipinski definition) is 8. The average molecular weight is 675 g/mol. The molecule has 256 valence electrons. The van der Waals surface area contributed by atoms with Crippen LogP contribution >= 0.6 is 0 Å². The number of nitrogens with one attached hydrogen (secondary N) is 1. The van der Waals surface area contributed by atoms with Crippen molar-refractivity contribution in [2.45, 2.75) is 64.2 Å². The van der Waals surface area contributed by atoms with E-state index in [0.717, 1.165) is 43.8 Å². The fraction of sp³-hybridized carbons (Fsp3) is 0.282. The summed E-state index contributed by atoms with van der Waals surface area (Å²) < 4.78 is 20.6. The molecule has 5 atom stereocenters. The van der Waals surface area contributed by atoms with Crippen LogP contribution in [0.1, 0.15) is 53.6 Å². The zero-order valence-corrected chi connectivity index (χ0v) is 27.6. The van der Waals surface area contributed by atoms with Crippen LogP contribution in [-0.2, 0) is 50.1 Å². The van der Waals surface area contributed by atoms with Gasteiger partial charge in [-0.3, -0.25) is 14.5 Å². The number of aliphatic hydroxyl groups excluding tert-OH is 1. The minimum Gasteiger partial charge on any atom is -0.445 e. The predicted octanol–water partition coefficient (Wildman–Crippen LogP) is 5.57. The number of carbonyl (C=O) groups is 3. The summed E-state index contributed by atoms with van der Waals surface area (Å²) in [7, 11) is 0. The quantitative estimate of drug-likeness (QED) is 0.184. The summed E-state index contributed by atoms with van der Waals surface area (Å²) in [6.45, 7) is 2.77. The third kappa shape index (κ3) is 7.16. The molecule has 3 heterocycles. The zero-order chi connectivity index (χ0) is 34.6. The number of rotatable bonds is 10. The van der Waals surface area contributed by atoms with E-state index in [-0.39, 0.29) is 50.2 Å². The molecule has 0 radical (unpaired) electrons. The van der Waals surface area contributed by atoms with Crippen molar-refractivity contribution in [2.75, 3.05) is 0 Å². The van der Waals surface area contributed by atoms with Crippen LogP contribution in [0.15, 0.2) is 109 Å². The average Bonchev–Trinajstić information content (AvgIpc) is 3.67. The maximum atomic E-state index is 13.1. The lowest BCUT2D eigenvalue weighted by molar-refractivity contribution is -0.276. The summed E-state index contributed by atoms with van der Waals surface area (Å²) >= 11 is 0. The Morgan fingerprint density at radius 1 is 0.880 bits per heavy atom. The van der Waals surface area contributed by atoms with Gasteiger partial charge in [0, 0.05) is 11.5 Å². The first kappa shape index (κ1) is 33.2. The van der Waals surface area contributed by atoms with Gasteiger partial charge in [0.05, 0.1) is 55.7 Å². The lowest BCUT2D eigenvalue weighted by atomic mass is 9.90. The second-order valence-electron chi connectivity index (χ2n) is 12.7. The SMILES string of the molecule is C[C@@H]1[C@H](Cn2cnc3ccccc32)O[C@H](c2ccc(CN3C(=O)CC(NC(=O)OCc4ccccc4)C3=O)cc2)O[C@@H]1c1ccc(CO)cc1. The van der Waals surface area contributed by atoms with E-state index in [2.05, 4.69) is 21.8 Å². The predicted molar refractivity (Wildman–Crippen MR) is 183 cm³/mol. The molecule has 2 saturated heterocycles. The molecule has 1 unspecified atom stereocenters. The largest absolute Gasteiger partial charge is 0.445 e. The number of nitrogens with zero attached hydrogens (tertiary/aromatic N) is 3. The lowest BCUT2D eigenvalue weighted by Gasteiger charge is -2.41. The molecule has 3 amide bonds. The van der Waals surface area contributed by atoms with E-state index in [1.54, 1.807) is 0 Å². The molecular formula is C39H38N4O7. The lowest BCUT2D eigenvalue weighted by Crippen LogP contribution is -2.41. The Balaban J connectivity index is 1.03. The van der Waals surface area contributed by atoms with Crippen LogP contribution in [0.2, 0.25) is 0 Å². The van der Waals surface area contributed by atoms with Crippen molar-refractivity contribution in [3.05, 3.63) is 137 Å². The smallest absolute Gasteiger partial charge is 0.408 e. The first-order chi connectivity index (χ1) is 24.4. The number of para-hydroxylation sites is 2. The molecule has 2 N–H and O–H groups in total. The van der Waals surface area contributed by atoms with Gasteiger partial charge in [0.1, 0.15) is 12.6 Å². The normalized spacial score (nSPS) is 22.2. The van der Waals surface area contributed by atoms with Crippen LogP contribution in [0.25, 0.3) is 11.0 Å². The fourth-order valence-corrected chi connectivity index (χ4v) is 6.51. The van der Waals surface area contributed by atoms with Gasteiger partial charge in [-0.05, 0) is 34.4 Å². The van der Waals surface area contributed by atoms with Gasteiger partial charge < -0.3 is 29.2 Å². The highest BCUT2D eigenvalue weighted by molar-refractivity contribution is 6.06. The first-order valence-electron chi connectivity index (χ1n) is 16.7. The molecule has 11 nitrogen and oxygen atoms in total. The molecule has 0 bridgehead atoms. The van der Waals surface area contributed by atoms with Gasteiger partial charge in [0.25, 0.3) is 5.91 Å². The maximum absolute atomic E-state index is 13.1. The second kappa shape index (κ2) is 14.6. The summed E-state index contributed by atoms with van der Waals surface area (Å²) in [5.74, 6) is -0.866. The van der Waals surface area contributed by atoms with Gasteiger partial charge in [-0.15, -0.1) is 0 Å². The number of amides is 3. The molecule has 4 aromatic carbocycles. The van der Waals surface area contributed by atoms with Crippen LogP contribution in [0.4, 0.5) is 4.79 Å². The van der Waals surface area contributed by atoms with E-state index in [9.17, 15) is 19.5 Å². The van der Waals surface area contributed by atoms with Crippen molar-refractivity contribution in [1.82, 2.24) is 19.8 Å². The molecule has 7 rings (SSSR count). The Labute approximate surface area is 289 Å². The molecule has 2 aliphatic heterocycles. The summed E-state index contributed by atoms with van der Waals surface area (Å²) in [4.78, 5) is 44.0. The Morgan fingerprint density at radius 3 is 2.34 bits per heavy atom. The summed E-state index contributed by atoms with van der Waals surface area (Å²) in [5.41, 5.74) is 6.08. The van der Waals surface area contributed by atoms with Crippen molar-refractivity contribution >= 4 is 28.9 Å². The third-order valence-electron chi connectivity index (χ3n) is 9.37. The third-order valence-corrected chi connectivity index (χ3v) is 9.37. The molecule has 2 aliphatic rings. The maximum Gasteiger partial charge on any atom is 0.408 e. The number of imide groups is 1. The van der Waals surface area contributed by atoms with Crippen molar-refractivity contribution in [1.29, 1.82) is 0 Å². The van der Waals surface area contributed by atoms with E-state index in [1.165, 1.54) is 0 Å². The van der Waals surface area contributed by atoms with Gasteiger partial charge in [0.2, 0.25) is 5.91 Å². The molecular weight excluding hydrogens is 636 g/mol. The van der Waals surface area contributed by atoms with Crippen molar-refractivity contribution in [3.8, 4) is 0 Å². The van der Waals surface area contributed by atoms with Crippen molar-refractivity contribution in [2.24, 2.45) is 5.92 Å². The fourth-order valence-electron chi connectivity index (χ4n) is 6.51. The Morgan fingerprint density at radius 2 is 1.58 bits per heavy atom. The minimum atomic E-state index is -0.982. The van der Waals surface area contributed by atoms with Gasteiger partial charge in [-0.25, -0.2) is 9.78 Å². The highest BCUT2D eigenvalue weighted by atomic mass is 16.7. The number of benzene rings is 4. The highest BCUT2D eigenvalue weighted by Gasteiger charge is 2.41.